The van der Waals surface area contributed by atoms with Gasteiger partial charge in [-0.25, -0.2) is 4.39 Å². The summed E-state index contributed by atoms with van der Waals surface area (Å²) in [5.41, 5.74) is 0.821. The Bertz CT molecular complexity index is 223. The van der Waals surface area contributed by atoms with Gasteiger partial charge < -0.3 is 0 Å². The summed E-state index contributed by atoms with van der Waals surface area (Å²) in [6.45, 7) is 0. The molecule has 0 heterocycles. The summed E-state index contributed by atoms with van der Waals surface area (Å²) in [4.78, 5) is 0. The summed E-state index contributed by atoms with van der Waals surface area (Å²) >= 11 is 1.74. The van der Waals surface area contributed by atoms with Crippen LogP contribution in [0.15, 0.2) is 24.3 Å². The molecule has 2 heteroatoms. The van der Waals surface area contributed by atoms with E-state index in [4.69, 9.17) is 0 Å². The number of benzene rings is 1. The van der Waals surface area contributed by atoms with Crippen molar-refractivity contribution in [1.82, 2.24) is 0 Å². The van der Waals surface area contributed by atoms with Crippen molar-refractivity contribution in [3.8, 4) is 0 Å². The van der Waals surface area contributed by atoms with Crippen LogP contribution in [-0.4, -0.2) is 12.0 Å². The van der Waals surface area contributed by atoms with E-state index < -0.39 is 0 Å². The molecule has 0 N–H and O–H groups in total. The molecule has 0 radical (unpaired) electrons. The fourth-order valence-electron chi connectivity index (χ4n) is 0.913. The third-order valence-corrected chi connectivity index (χ3v) is 2.15. The minimum Gasteiger partial charge on any atom is -0.207 e. The maximum absolute atomic E-state index is 12.9. The largest absolute Gasteiger partial charge is 0.207 e. The molecular formula is C9H11FS. The van der Waals surface area contributed by atoms with Gasteiger partial charge >= 0.3 is 0 Å². The fourth-order valence-corrected chi connectivity index (χ4v) is 1.34. The lowest BCUT2D eigenvalue weighted by atomic mass is 10.2. The second-order valence-electron chi connectivity index (χ2n) is 2.33. The lowest BCUT2D eigenvalue weighted by molar-refractivity contribution is 0.612. The van der Waals surface area contributed by atoms with Crippen molar-refractivity contribution >= 4 is 11.8 Å². The molecule has 0 nitrogen and oxygen atoms in total. The molecule has 0 aliphatic carbocycles. The highest BCUT2D eigenvalue weighted by atomic mass is 32.2. The highest BCUT2D eigenvalue weighted by Gasteiger charge is 1.97. The molecule has 0 unspecified atom stereocenters. The van der Waals surface area contributed by atoms with E-state index in [9.17, 15) is 4.39 Å². The summed E-state index contributed by atoms with van der Waals surface area (Å²) < 4.78 is 12.9. The minimum absolute atomic E-state index is 0.0819. The summed E-state index contributed by atoms with van der Waals surface area (Å²) in [6.07, 6.45) is 2.86. The first-order valence-corrected chi connectivity index (χ1v) is 4.96. The molecule has 0 fully saturated rings. The second-order valence-corrected chi connectivity index (χ2v) is 3.32. The van der Waals surface area contributed by atoms with Crippen LogP contribution in [0.4, 0.5) is 4.39 Å². The zero-order valence-electron chi connectivity index (χ0n) is 6.51. The molecule has 0 amide bonds. The van der Waals surface area contributed by atoms with Crippen LogP contribution in [-0.2, 0) is 6.42 Å². The van der Waals surface area contributed by atoms with Crippen LogP contribution in [0.25, 0.3) is 0 Å². The van der Waals surface area contributed by atoms with Crippen LogP contribution in [0, 0.1) is 5.82 Å². The molecule has 0 saturated carbocycles. The Labute approximate surface area is 70.8 Å². The fraction of sp³-hybridized carbons (Fsp3) is 0.333. The number of rotatable bonds is 3. The second kappa shape index (κ2) is 4.39. The zero-order valence-corrected chi connectivity index (χ0v) is 7.33. The molecule has 0 bridgehead atoms. The van der Waals surface area contributed by atoms with Gasteiger partial charge in [0.15, 0.2) is 0 Å². The first-order valence-electron chi connectivity index (χ1n) is 3.57. The molecular weight excluding hydrogens is 159 g/mol. The SMILES string of the molecule is CSCCc1ccccc1F. The lowest BCUT2D eigenvalue weighted by Crippen LogP contribution is -1.91. The van der Waals surface area contributed by atoms with E-state index >= 15 is 0 Å². The van der Waals surface area contributed by atoms with Crippen LogP contribution in [0.1, 0.15) is 5.56 Å². The topological polar surface area (TPSA) is 0 Å². The van der Waals surface area contributed by atoms with E-state index in [0.29, 0.717) is 0 Å². The predicted octanol–water partition coefficient (Wildman–Crippen LogP) is 2.73. The molecule has 0 aliphatic heterocycles. The molecule has 1 rings (SSSR count). The van der Waals surface area contributed by atoms with Gasteiger partial charge in [0.05, 0.1) is 0 Å². The normalized spacial score (nSPS) is 10.0. The number of hydrogen-bond donors (Lipinski definition) is 0. The zero-order chi connectivity index (χ0) is 8.10. The van der Waals surface area contributed by atoms with Crippen molar-refractivity contribution in [2.45, 2.75) is 6.42 Å². The number of thioether (sulfide) groups is 1. The Morgan fingerprint density at radius 3 is 2.73 bits per heavy atom. The van der Waals surface area contributed by atoms with Crippen molar-refractivity contribution in [3.63, 3.8) is 0 Å². The van der Waals surface area contributed by atoms with E-state index in [1.54, 1.807) is 17.8 Å². The van der Waals surface area contributed by atoms with Gasteiger partial charge in [0.25, 0.3) is 0 Å². The number of halogens is 1. The molecule has 60 valence electrons. The van der Waals surface area contributed by atoms with E-state index in [1.165, 1.54) is 6.07 Å². The van der Waals surface area contributed by atoms with Crippen LogP contribution in [0.2, 0.25) is 0 Å². The monoisotopic (exact) mass is 170 g/mol. The summed E-state index contributed by atoms with van der Waals surface area (Å²) in [5.74, 6) is 0.905. The Balaban J connectivity index is 2.62. The number of aryl methyl sites for hydroxylation is 1. The van der Waals surface area contributed by atoms with Gasteiger partial charge in [0, 0.05) is 0 Å². The Morgan fingerprint density at radius 1 is 1.36 bits per heavy atom. The molecule has 1 aromatic rings. The third-order valence-electron chi connectivity index (χ3n) is 1.53. The van der Waals surface area contributed by atoms with Gasteiger partial charge in [0.2, 0.25) is 0 Å². The van der Waals surface area contributed by atoms with E-state index in [-0.39, 0.29) is 5.82 Å². The quantitative estimate of drug-likeness (QED) is 0.672. The summed E-state index contributed by atoms with van der Waals surface area (Å²) in [6, 6.07) is 6.94. The van der Waals surface area contributed by atoms with Crippen LogP contribution in [0.5, 0.6) is 0 Å². The first kappa shape index (κ1) is 8.60. The van der Waals surface area contributed by atoms with Crippen LogP contribution < -0.4 is 0 Å². The van der Waals surface area contributed by atoms with Gasteiger partial charge in [-0.1, -0.05) is 18.2 Å². The Kier molecular flexibility index (Phi) is 3.43. The van der Waals surface area contributed by atoms with Crippen molar-refractivity contribution in [1.29, 1.82) is 0 Å². The van der Waals surface area contributed by atoms with Crippen LogP contribution in [0.3, 0.4) is 0 Å². The van der Waals surface area contributed by atoms with Crippen molar-refractivity contribution in [2.75, 3.05) is 12.0 Å². The lowest BCUT2D eigenvalue weighted by Gasteiger charge is -1.99. The van der Waals surface area contributed by atoms with Crippen molar-refractivity contribution < 1.29 is 4.39 Å². The maximum atomic E-state index is 12.9. The van der Waals surface area contributed by atoms with Gasteiger partial charge in [0.1, 0.15) is 5.82 Å². The highest BCUT2D eigenvalue weighted by molar-refractivity contribution is 7.98. The summed E-state index contributed by atoms with van der Waals surface area (Å²) in [7, 11) is 0. The van der Waals surface area contributed by atoms with E-state index in [1.807, 2.05) is 18.4 Å². The maximum Gasteiger partial charge on any atom is 0.126 e. The van der Waals surface area contributed by atoms with Gasteiger partial charge in [-0.15, -0.1) is 0 Å². The third kappa shape index (κ3) is 2.54. The number of hydrogen-bond acceptors (Lipinski definition) is 1. The molecule has 0 aliphatic rings. The van der Waals surface area contributed by atoms with Crippen molar-refractivity contribution in [3.05, 3.63) is 35.6 Å². The predicted molar refractivity (Wildman–Crippen MR) is 48.5 cm³/mol. The Morgan fingerprint density at radius 2 is 2.09 bits per heavy atom. The average molecular weight is 170 g/mol. The highest BCUT2D eigenvalue weighted by Crippen LogP contribution is 2.08. The van der Waals surface area contributed by atoms with Gasteiger partial charge in [-0.05, 0) is 30.1 Å². The smallest absolute Gasteiger partial charge is 0.126 e. The standard InChI is InChI=1S/C9H11FS/c1-11-7-6-8-4-2-3-5-9(8)10/h2-5H,6-7H2,1H3. The molecule has 1 aromatic carbocycles. The first-order chi connectivity index (χ1) is 5.34. The molecule has 0 saturated heterocycles. The van der Waals surface area contributed by atoms with Crippen LogP contribution >= 0.6 is 11.8 Å². The van der Waals surface area contributed by atoms with Gasteiger partial charge in [-0.2, -0.15) is 11.8 Å². The average Bonchev–Trinajstić information content (AvgIpc) is 2.03. The molecule has 0 atom stereocenters. The van der Waals surface area contributed by atoms with Gasteiger partial charge in [-0.3, -0.25) is 0 Å². The minimum atomic E-state index is -0.0819. The molecule has 0 spiro atoms. The molecule has 11 heavy (non-hydrogen) atoms. The van der Waals surface area contributed by atoms with Crippen molar-refractivity contribution in [2.24, 2.45) is 0 Å². The summed E-state index contributed by atoms with van der Waals surface area (Å²) in [5, 5.41) is 0. The van der Waals surface area contributed by atoms with E-state index in [2.05, 4.69) is 0 Å². The molecule has 0 aromatic heterocycles. The Hall–Kier alpha value is -0.500. The van der Waals surface area contributed by atoms with E-state index in [0.717, 1.165) is 17.7 Å².